The summed E-state index contributed by atoms with van der Waals surface area (Å²) in [6.07, 6.45) is 0.0998. The maximum Gasteiger partial charge on any atom is 0.305 e. The lowest BCUT2D eigenvalue weighted by Crippen LogP contribution is -2.15. The second-order valence-corrected chi connectivity index (χ2v) is 4.19. The molecule has 1 atom stereocenters. The lowest BCUT2D eigenvalue weighted by atomic mass is 10.00. The summed E-state index contributed by atoms with van der Waals surface area (Å²) in [5.74, 6) is -0.558. The molecule has 0 fully saturated rings. The number of fused-ring (bicyclic) bond motifs is 1. The number of carbonyl (C=O) groups is 2. The van der Waals surface area contributed by atoms with Crippen molar-refractivity contribution in [3.63, 3.8) is 0 Å². The van der Waals surface area contributed by atoms with Crippen molar-refractivity contribution < 1.29 is 19.4 Å². The van der Waals surface area contributed by atoms with Crippen LogP contribution in [-0.4, -0.2) is 24.1 Å². The van der Waals surface area contributed by atoms with Gasteiger partial charge in [-0.15, -0.1) is 0 Å². The molecule has 0 bridgehead atoms. The van der Waals surface area contributed by atoms with Crippen LogP contribution in [0.1, 0.15) is 23.6 Å². The van der Waals surface area contributed by atoms with Crippen molar-refractivity contribution in [2.24, 2.45) is 5.73 Å². The molecular formula is C12H14N2O4. The monoisotopic (exact) mass is 250 g/mol. The Kier molecular flexibility index (Phi) is 3.20. The molecule has 18 heavy (non-hydrogen) atoms. The molecule has 6 nitrogen and oxygen atoms in total. The van der Waals surface area contributed by atoms with Crippen LogP contribution >= 0.6 is 0 Å². The smallest absolute Gasteiger partial charge is 0.305 e. The molecular weight excluding hydrogens is 236 g/mol. The SMILES string of the molecule is COc1cc(C(N)CC(=O)O)cc2c1NC(=O)C2. The summed E-state index contributed by atoms with van der Waals surface area (Å²) in [4.78, 5) is 22.0. The fourth-order valence-electron chi connectivity index (χ4n) is 2.02. The van der Waals surface area contributed by atoms with Crippen LogP contribution in [0, 0.1) is 0 Å². The van der Waals surface area contributed by atoms with E-state index in [1.165, 1.54) is 7.11 Å². The zero-order chi connectivity index (χ0) is 13.3. The molecule has 1 unspecified atom stereocenters. The molecule has 0 spiro atoms. The minimum atomic E-state index is -0.962. The Bertz CT molecular complexity index is 513. The summed E-state index contributed by atoms with van der Waals surface area (Å²) in [7, 11) is 1.49. The summed E-state index contributed by atoms with van der Waals surface area (Å²) in [6, 6.07) is 2.80. The Hall–Kier alpha value is -2.08. The number of nitrogens with two attached hydrogens (primary N) is 1. The number of amides is 1. The number of hydrogen-bond acceptors (Lipinski definition) is 4. The fourth-order valence-corrected chi connectivity index (χ4v) is 2.02. The minimum absolute atomic E-state index is 0.104. The van der Waals surface area contributed by atoms with Crippen molar-refractivity contribution in [2.75, 3.05) is 12.4 Å². The molecule has 1 heterocycles. The normalized spacial score (nSPS) is 14.9. The third-order valence-electron chi connectivity index (χ3n) is 2.86. The van der Waals surface area contributed by atoms with Crippen molar-refractivity contribution >= 4 is 17.6 Å². The molecule has 0 aliphatic carbocycles. The molecule has 1 aromatic rings. The second-order valence-electron chi connectivity index (χ2n) is 4.19. The standard InChI is InChI=1S/C12H14N2O4/c1-18-9-3-6(8(13)5-11(16)17)2-7-4-10(15)14-12(7)9/h2-3,8H,4-5,13H2,1H3,(H,14,15)(H,16,17). The van der Waals surface area contributed by atoms with E-state index < -0.39 is 12.0 Å². The molecule has 0 aromatic heterocycles. The van der Waals surface area contributed by atoms with Crippen LogP contribution < -0.4 is 15.8 Å². The quantitative estimate of drug-likeness (QED) is 0.728. The molecule has 96 valence electrons. The van der Waals surface area contributed by atoms with Gasteiger partial charge in [-0.3, -0.25) is 9.59 Å². The van der Waals surface area contributed by atoms with Gasteiger partial charge in [0.1, 0.15) is 5.75 Å². The second kappa shape index (κ2) is 4.66. The van der Waals surface area contributed by atoms with Gasteiger partial charge in [-0.1, -0.05) is 6.07 Å². The number of anilines is 1. The number of hydrogen-bond donors (Lipinski definition) is 3. The molecule has 1 aromatic carbocycles. The predicted molar refractivity (Wildman–Crippen MR) is 64.5 cm³/mol. The van der Waals surface area contributed by atoms with Gasteiger partial charge >= 0.3 is 5.97 Å². The number of benzene rings is 1. The van der Waals surface area contributed by atoms with Crippen LogP contribution in [0.2, 0.25) is 0 Å². The van der Waals surface area contributed by atoms with E-state index in [2.05, 4.69) is 5.32 Å². The van der Waals surface area contributed by atoms with Gasteiger partial charge in [0, 0.05) is 6.04 Å². The van der Waals surface area contributed by atoms with E-state index in [-0.39, 0.29) is 18.7 Å². The van der Waals surface area contributed by atoms with Gasteiger partial charge in [-0.05, 0) is 17.2 Å². The number of methoxy groups -OCH3 is 1. The highest BCUT2D eigenvalue weighted by Gasteiger charge is 2.24. The van der Waals surface area contributed by atoms with Crippen molar-refractivity contribution in [1.29, 1.82) is 0 Å². The van der Waals surface area contributed by atoms with Crippen LogP contribution in [0.25, 0.3) is 0 Å². The Morgan fingerprint density at radius 3 is 2.94 bits per heavy atom. The van der Waals surface area contributed by atoms with Gasteiger partial charge in [0.2, 0.25) is 5.91 Å². The average molecular weight is 250 g/mol. The van der Waals surface area contributed by atoms with E-state index in [1.807, 2.05) is 0 Å². The third-order valence-corrected chi connectivity index (χ3v) is 2.86. The van der Waals surface area contributed by atoms with Crippen molar-refractivity contribution in [1.82, 2.24) is 0 Å². The van der Waals surface area contributed by atoms with E-state index in [1.54, 1.807) is 12.1 Å². The molecule has 0 saturated carbocycles. The van der Waals surface area contributed by atoms with E-state index >= 15 is 0 Å². The van der Waals surface area contributed by atoms with Crippen LogP contribution in [0.15, 0.2) is 12.1 Å². The topological polar surface area (TPSA) is 102 Å². The van der Waals surface area contributed by atoms with Gasteiger partial charge in [-0.25, -0.2) is 0 Å². The molecule has 4 N–H and O–H groups in total. The third kappa shape index (κ3) is 2.28. The number of carboxylic acid groups (broad SMARTS) is 1. The average Bonchev–Trinajstić information content (AvgIpc) is 2.66. The van der Waals surface area contributed by atoms with E-state index in [0.29, 0.717) is 17.0 Å². The Labute approximate surface area is 104 Å². The number of carboxylic acids is 1. The summed E-state index contributed by atoms with van der Waals surface area (Å²) in [5, 5.41) is 11.4. The number of aliphatic carboxylic acids is 1. The summed E-state index contributed by atoms with van der Waals surface area (Å²) < 4.78 is 5.18. The highest BCUT2D eigenvalue weighted by Crippen LogP contribution is 2.36. The maximum atomic E-state index is 11.3. The van der Waals surface area contributed by atoms with Crippen LogP contribution in [0.4, 0.5) is 5.69 Å². The first kappa shape index (κ1) is 12.4. The zero-order valence-electron chi connectivity index (χ0n) is 9.90. The highest BCUT2D eigenvalue weighted by atomic mass is 16.5. The van der Waals surface area contributed by atoms with Crippen molar-refractivity contribution in [3.05, 3.63) is 23.3 Å². The van der Waals surface area contributed by atoms with Gasteiger partial charge in [0.25, 0.3) is 0 Å². The lowest BCUT2D eigenvalue weighted by Gasteiger charge is -2.14. The molecule has 1 aliphatic rings. The summed E-state index contributed by atoms with van der Waals surface area (Å²) in [6.45, 7) is 0. The fraction of sp³-hybridized carbons (Fsp3) is 0.333. The van der Waals surface area contributed by atoms with Gasteiger partial charge in [0.15, 0.2) is 0 Å². The molecule has 2 rings (SSSR count). The van der Waals surface area contributed by atoms with Gasteiger partial charge < -0.3 is 20.9 Å². The molecule has 1 amide bonds. The van der Waals surface area contributed by atoms with Crippen LogP contribution in [0.3, 0.4) is 0 Å². The number of rotatable bonds is 4. The van der Waals surface area contributed by atoms with E-state index in [4.69, 9.17) is 15.6 Å². The summed E-state index contributed by atoms with van der Waals surface area (Å²) >= 11 is 0. The highest BCUT2D eigenvalue weighted by molar-refractivity contribution is 6.01. The number of ether oxygens (including phenoxy) is 1. The van der Waals surface area contributed by atoms with Crippen LogP contribution in [0.5, 0.6) is 5.75 Å². The molecule has 1 aliphatic heterocycles. The first-order valence-electron chi connectivity index (χ1n) is 5.49. The van der Waals surface area contributed by atoms with Crippen molar-refractivity contribution in [3.8, 4) is 5.75 Å². The molecule has 6 heteroatoms. The maximum absolute atomic E-state index is 11.3. The largest absolute Gasteiger partial charge is 0.495 e. The Morgan fingerprint density at radius 2 is 2.33 bits per heavy atom. The summed E-state index contributed by atoms with van der Waals surface area (Å²) in [5.41, 5.74) is 7.90. The van der Waals surface area contributed by atoms with Crippen LogP contribution in [-0.2, 0) is 16.0 Å². The first-order chi connectivity index (χ1) is 8.51. The van der Waals surface area contributed by atoms with E-state index in [0.717, 1.165) is 5.56 Å². The van der Waals surface area contributed by atoms with Gasteiger partial charge in [0.05, 0.1) is 25.6 Å². The Morgan fingerprint density at radius 1 is 1.61 bits per heavy atom. The number of carbonyl (C=O) groups excluding carboxylic acids is 1. The van der Waals surface area contributed by atoms with Gasteiger partial charge in [-0.2, -0.15) is 0 Å². The molecule has 0 radical (unpaired) electrons. The Balaban J connectivity index is 2.37. The minimum Gasteiger partial charge on any atom is -0.495 e. The van der Waals surface area contributed by atoms with Crippen molar-refractivity contribution in [2.45, 2.75) is 18.9 Å². The number of nitrogens with one attached hydrogen (secondary N) is 1. The zero-order valence-corrected chi connectivity index (χ0v) is 9.90. The first-order valence-corrected chi connectivity index (χ1v) is 5.49. The predicted octanol–water partition coefficient (Wildman–Crippen LogP) is 0.664. The molecule has 0 saturated heterocycles. The lowest BCUT2D eigenvalue weighted by molar-refractivity contribution is -0.137. The van der Waals surface area contributed by atoms with E-state index in [9.17, 15) is 9.59 Å².